The van der Waals surface area contributed by atoms with Gasteiger partial charge in [-0.15, -0.1) is 0 Å². The lowest BCUT2D eigenvalue weighted by atomic mass is 9.76. The summed E-state index contributed by atoms with van der Waals surface area (Å²) in [4.78, 5) is 4.68. The van der Waals surface area contributed by atoms with Crippen LogP contribution in [0.25, 0.3) is 0 Å². The Kier molecular flexibility index (Phi) is 8.03. The number of hydrogen-bond donors (Lipinski definition) is 1. The van der Waals surface area contributed by atoms with Crippen molar-refractivity contribution >= 4 is 39.3 Å². The second-order valence-electron chi connectivity index (χ2n) is 11.0. The van der Waals surface area contributed by atoms with E-state index in [0.29, 0.717) is 24.0 Å². The maximum absolute atomic E-state index is 12.9. The number of nitrogens with one attached hydrogen (secondary N) is 1. The summed E-state index contributed by atoms with van der Waals surface area (Å²) in [6, 6.07) is 24.8. The number of hydrogen-bond acceptors (Lipinski definition) is 6. The number of benzene rings is 4. The molecule has 1 aliphatic heterocycles. The predicted molar refractivity (Wildman–Crippen MR) is 173 cm³/mol. The highest BCUT2D eigenvalue weighted by molar-refractivity contribution is 7.87. The summed E-state index contributed by atoms with van der Waals surface area (Å²) in [5.74, 6) is 1.06. The van der Waals surface area contributed by atoms with Gasteiger partial charge in [-0.3, -0.25) is 4.99 Å². The fourth-order valence-corrected chi connectivity index (χ4v) is 7.09. The molecule has 0 unspecified atom stereocenters. The van der Waals surface area contributed by atoms with E-state index < -0.39 is 10.1 Å². The van der Waals surface area contributed by atoms with Crippen LogP contribution >= 0.6 is 11.6 Å². The SMILES string of the molecule is CCOc1cc(C=Nc2ccc([C@@H]3Nc4ccc(C)cc4[C@H]4C=CC[C@@H]43)cc2)cc(Cl)c1OS(=O)(=O)c1ccc(C)cc1. The third-order valence-corrected chi connectivity index (χ3v) is 9.48. The van der Waals surface area contributed by atoms with Crippen LogP contribution in [-0.4, -0.2) is 21.2 Å². The van der Waals surface area contributed by atoms with E-state index in [1.165, 1.54) is 34.5 Å². The van der Waals surface area contributed by atoms with E-state index in [1.54, 1.807) is 37.4 Å². The van der Waals surface area contributed by atoms with Crippen molar-refractivity contribution in [2.24, 2.45) is 10.9 Å². The average molecular weight is 613 g/mol. The van der Waals surface area contributed by atoms with Crippen LogP contribution < -0.4 is 14.2 Å². The Bertz CT molecular complexity index is 1820. The third-order valence-electron chi connectivity index (χ3n) is 7.97. The van der Waals surface area contributed by atoms with Gasteiger partial charge in [-0.05, 0) is 92.3 Å². The normalized spacial score (nSPS) is 19.1. The number of halogens is 1. The fraction of sp³-hybridized carbons (Fsp3) is 0.229. The van der Waals surface area contributed by atoms with E-state index in [2.05, 4.69) is 59.7 Å². The van der Waals surface area contributed by atoms with Crippen molar-refractivity contribution < 1.29 is 17.3 Å². The number of fused-ring (bicyclic) bond motifs is 3. The minimum Gasteiger partial charge on any atom is -0.490 e. The van der Waals surface area contributed by atoms with Crippen LogP contribution in [-0.2, 0) is 10.1 Å². The summed E-state index contributed by atoms with van der Waals surface area (Å²) < 4.78 is 37.0. The zero-order valence-corrected chi connectivity index (χ0v) is 25.8. The molecule has 4 aromatic rings. The molecule has 0 saturated heterocycles. The summed E-state index contributed by atoms with van der Waals surface area (Å²) >= 11 is 6.52. The molecular formula is C35H33ClN2O4S. The van der Waals surface area contributed by atoms with Crippen molar-refractivity contribution in [3.8, 4) is 11.5 Å². The molecule has 0 spiro atoms. The second-order valence-corrected chi connectivity index (χ2v) is 13.0. The molecular weight excluding hydrogens is 580 g/mol. The molecule has 0 fully saturated rings. The molecule has 43 heavy (non-hydrogen) atoms. The molecule has 6 rings (SSSR count). The lowest BCUT2D eigenvalue weighted by Gasteiger charge is -2.37. The number of aryl methyl sites for hydroxylation is 2. The molecule has 4 aromatic carbocycles. The van der Waals surface area contributed by atoms with Gasteiger partial charge in [-0.25, -0.2) is 0 Å². The maximum Gasteiger partial charge on any atom is 0.339 e. The van der Waals surface area contributed by atoms with Gasteiger partial charge in [-0.1, -0.05) is 71.3 Å². The van der Waals surface area contributed by atoms with E-state index in [9.17, 15) is 8.42 Å². The number of anilines is 1. The highest BCUT2D eigenvalue weighted by Gasteiger charge is 2.37. The average Bonchev–Trinajstić information content (AvgIpc) is 3.49. The number of rotatable bonds is 8. The van der Waals surface area contributed by atoms with Crippen LogP contribution in [0.3, 0.4) is 0 Å². The summed E-state index contributed by atoms with van der Waals surface area (Å²) in [6.07, 6.45) is 7.38. The Morgan fingerprint density at radius 3 is 2.47 bits per heavy atom. The Hall–Kier alpha value is -4.07. The van der Waals surface area contributed by atoms with E-state index >= 15 is 0 Å². The molecule has 2 aliphatic rings. The second kappa shape index (κ2) is 11.9. The van der Waals surface area contributed by atoms with Crippen molar-refractivity contribution in [1.82, 2.24) is 0 Å². The number of allylic oxidation sites excluding steroid dienone is 2. The first-order valence-electron chi connectivity index (χ1n) is 14.4. The summed E-state index contributed by atoms with van der Waals surface area (Å²) in [7, 11) is -4.11. The summed E-state index contributed by atoms with van der Waals surface area (Å²) in [6.45, 7) is 6.13. The van der Waals surface area contributed by atoms with Gasteiger partial charge in [0.2, 0.25) is 5.75 Å². The number of aliphatic imine (C=N–C) groups is 1. The number of nitrogens with zero attached hydrogens (tertiary/aromatic N) is 1. The van der Waals surface area contributed by atoms with Gasteiger partial charge in [0.25, 0.3) is 0 Å². The van der Waals surface area contributed by atoms with Gasteiger partial charge in [0, 0.05) is 17.8 Å². The van der Waals surface area contributed by atoms with Gasteiger partial charge < -0.3 is 14.2 Å². The lowest BCUT2D eigenvalue weighted by molar-refractivity contribution is 0.327. The molecule has 1 aliphatic carbocycles. The molecule has 0 amide bonds. The van der Waals surface area contributed by atoms with Crippen LogP contribution in [0.5, 0.6) is 11.5 Å². The van der Waals surface area contributed by atoms with Crippen LogP contribution in [0.2, 0.25) is 5.02 Å². The molecule has 0 aromatic heterocycles. The first-order valence-corrected chi connectivity index (χ1v) is 16.2. The highest BCUT2D eigenvalue weighted by atomic mass is 35.5. The molecule has 1 heterocycles. The zero-order valence-electron chi connectivity index (χ0n) is 24.3. The Morgan fingerprint density at radius 2 is 1.72 bits per heavy atom. The zero-order chi connectivity index (χ0) is 30.1. The predicted octanol–water partition coefficient (Wildman–Crippen LogP) is 8.70. The first kappa shape index (κ1) is 29.0. The van der Waals surface area contributed by atoms with Crippen molar-refractivity contribution in [2.45, 2.75) is 44.0 Å². The van der Waals surface area contributed by atoms with Gasteiger partial charge in [0.05, 0.1) is 23.4 Å². The summed E-state index contributed by atoms with van der Waals surface area (Å²) in [5, 5.41) is 3.89. The van der Waals surface area contributed by atoms with Gasteiger partial charge >= 0.3 is 10.1 Å². The lowest BCUT2D eigenvalue weighted by Crippen LogP contribution is -2.29. The Labute approximate surface area is 258 Å². The van der Waals surface area contributed by atoms with Crippen molar-refractivity contribution in [2.75, 3.05) is 11.9 Å². The van der Waals surface area contributed by atoms with Gasteiger partial charge in [0.15, 0.2) is 5.75 Å². The van der Waals surface area contributed by atoms with Gasteiger partial charge in [-0.2, -0.15) is 8.42 Å². The first-order chi connectivity index (χ1) is 20.7. The smallest absolute Gasteiger partial charge is 0.339 e. The van der Waals surface area contributed by atoms with Crippen molar-refractivity contribution in [3.63, 3.8) is 0 Å². The standard InChI is InChI=1S/C35H33ClN2O4S/c1-4-41-33-20-24(19-31(36)35(33)42-43(39,40)27-15-8-22(2)9-16-27)21-37-26-13-11-25(12-14-26)34-29-7-5-6-28(29)30-18-23(3)10-17-32(30)38-34/h5-6,8-21,28-29,34,38H,4,7H2,1-3H3/t28-,29-,34-/m0/s1. The molecule has 0 saturated carbocycles. The van der Waals surface area contributed by atoms with E-state index in [1.807, 2.05) is 19.1 Å². The quantitative estimate of drug-likeness (QED) is 0.122. The van der Waals surface area contributed by atoms with Gasteiger partial charge in [0.1, 0.15) is 4.90 Å². The minimum absolute atomic E-state index is 0.0353. The third kappa shape index (κ3) is 6.05. The molecule has 1 N–H and O–H groups in total. The Morgan fingerprint density at radius 1 is 0.977 bits per heavy atom. The molecule has 0 radical (unpaired) electrons. The van der Waals surface area contributed by atoms with E-state index in [-0.39, 0.29) is 27.5 Å². The maximum atomic E-state index is 12.9. The molecule has 0 bridgehead atoms. The van der Waals surface area contributed by atoms with E-state index in [0.717, 1.165) is 17.7 Å². The monoisotopic (exact) mass is 612 g/mol. The molecule has 8 heteroatoms. The van der Waals surface area contributed by atoms with Crippen LogP contribution in [0.4, 0.5) is 11.4 Å². The molecule has 6 nitrogen and oxygen atoms in total. The van der Waals surface area contributed by atoms with Crippen LogP contribution in [0.15, 0.2) is 101 Å². The van der Waals surface area contributed by atoms with Crippen LogP contribution in [0, 0.1) is 19.8 Å². The van der Waals surface area contributed by atoms with Crippen LogP contribution in [0.1, 0.15) is 53.1 Å². The number of ether oxygens (including phenoxy) is 1. The van der Waals surface area contributed by atoms with E-state index in [4.69, 9.17) is 20.5 Å². The van der Waals surface area contributed by atoms with Crippen molar-refractivity contribution in [3.05, 3.63) is 124 Å². The largest absolute Gasteiger partial charge is 0.490 e. The Balaban J connectivity index is 1.21. The highest BCUT2D eigenvalue weighted by Crippen LogP contribution is 2.50. The minimum atomic E-state index is -4.11. The summed E-state index contributed by atoms with van der Waals surface area (Å²) in [5.41, 5.74) is 7.46. The fourth-order valence-electron chi connectivity index (χ4n) is 5.83. The van der Waals surface area contributed by atoms with Crippen molar-refractivity contribution in [1.29, 1.82) is 0 Å². The molecule has 3 atom stereocenters. The topological polar surface area (TPSA) is 77.0 Å². The molecule has 220 valence electrons.